The Balaban J connectivity index is 2.70. The van der Waals surface area contributed by atoms with Crippen LogP contribution in [0.4, 0.5) is 0 Å². The zero-order chi connectivity index (χ0) is 12.1. The van der Waals surface area contributed by atoms with Crippen LogP contribution in [0.25, 0.3) is 0 Å². The largest absolute Gasteiger partial charge is 0.466 e. The summed E-state index contributed by atoms with van der Waals surface area (Å²) in [6.45, 7) is -0.412. The molecule has 1 aromatic carbocycles. The first kappa shape index (κ1) is 13.0. The lowest BCUT2D eigenvalue weighted by Crippen LogP contribution is -2.15. The molecule has 6 heteroatoms. The van der Waals surface area contributed by atoms with E-state index < -0.39 is 18.5 Å². The van der Waals surface area contributed by atoms with Crippen LogP contribution in [0.1, 0.15) is 10.4 Å². The van der Waals surface area contributed by atoms with Gasteiger partial charge in [0.15, 0.2) is 6.61 Å². The molecule has 0 aliphatic heterocycles. The lowest BCUT2D eigenvalue weighted by Gasteiger charge is -2.05. The first-order valence-electron chi connectivity index (χ1n) is 4.23. The van der Waals surface area contributed by atoms with Crippen LogP contribution in [0.3, 0.4) is 0 Å². The van der Waals surface area contributed by atoms with Crippen LogP contribution < -0.4 is 0 Å². The summed E-state index contributed by atoms with van der Waals surface area (Å²) in [5.41, 5.74) is 0.299. The average molecular weight is 308 g/mol. The van der Waals surface area contributed by atoms with E-state index in [1.54, 1.807) is 12.1 Å². The second-order valence-electron chi connectivity index (χ2n) is 2.78. The summed E-state index contributed by atoms with van der Waals surface area (Å²) in [4.78, 5) is 22.2. The molecular weight excluding hydrogens is 299 g/mol. The van der Waals surface area contributed by atoms with Crippen molar-refractivity contribution in [3.63, 3.8) is 0 Å². The molecule has 0 spiro atoms. The number of ether oxygens (including phenoxy) is 2. The van der Waals surface area contributed by atoms with Gasteiger partial charge in [0.2, 0.25) is 0 Å². The zero-order valence-corrected chi connectivity index (χ0v) is 10.7. The quantitative estimate of drug-likeness (QED) is 0.805. The Kier molecular flexibility index (Phi) is 4.76. The maximum atomic E-state index is 11.5. The summed E-state index contributed by atoms with van der Waals surface area (Å²) < 4.78 is 9.56. The molecule has 0 heterocycles. The van der Waals surface area contributed by atoms with E-state index in [-0.39, 0.29) is 0 Å². The van der Waals surface area contributed by atoms with E-state index in [1.807, 2.05) is 0 Å². The van der Waals surface area contributed by atoms with E-state index in [1.165, 1.54) is 13.2 Å². The van der Waals surface area contributed by atoms with E-state index in [0.717, 1.165) is 0 Å². The number of carbonyl (C=O) groups is 2. The highest BCUT2D eigenvalue weighted by atomic mass is 79.9. The monoisotopic (exact) mass is 306 g/mol. The molecule has 0 saturated carbocycles. The highest BCUT2D eigenvalue weighted by Gasteiger charge is 2.13. The van der Waals surface area contributed by atoms with Crippen LogP contribution >= 0.6 is 27.5 Å². The molecule has 0 aliphatic carbocycles. The maximum absolute atomic E-state index is 11.5. The fourth-order valence-corrected chi connectivity index (χ4v) is 1.76. The van der Waals surface area contributed by atoms with Crippen LogP contribution in [-0.2, 0) is 14.3 Å². The number of benzene rings is 1. The van der Waals surface area contributed by atoms with Crippen LogP contribution in [0.15, 0.2) is 22.7 Å². The SMILES string of the molecule is COC(=O)COC(=O)c1ccc(Cl)cc1Br. The van der Waals surface area contributed by atoms with Gasteiger partial charge in [0, 0.05) is 9.50 Å². The van der Waals surface area contributed by atoms with E-state index >= 15 is 0 Å². The number of hydrogen-bond acceptors (Lipinski definition) is 4. The van der Waals surface area contributed by atoms with Crippen molar-refractivity contribution in [1.82, 2.24) is 0 Å². The van der Waals surface area contributed by atoms with Crippen molar-refractivity contribution in [2.24, 2.45) is 0 Å². The van der Waals surface area contributed by atoms with Gasteiger partial charge in [0.1, 0.15) is 0 Å². The highest BCUT2D eigenvalue weighted by molar-refractivity contribution is 9.10. The maximum Gasteiger partial charge on any atom is 0.344 e. The number of esters is 2. The smallest absolute Gasteiger partial charge is 0.344 e. The number of hydrogen-bond donors (Lipinski definition) is 0. The lowest BCUT2D eigenvalue weighted by molar-refractivity contribution is -0.144. The van der Waals surface area contributed by atoms with Gasteiger partial charge in [-0.1, -0.05) is 11.6 Å². The van der Waals surface area contributed by atoms with E-state index in [9.17, 15) is 9.59 Å². The number of rotatable bonds is 3. The van der Waals surface area contributed by atoms with Gasteiger partial charge >= 0.3 is 11.9 Å². The second-order valence-corrected chi connectivity index (χ2v) is 4.07. The Morgan fingerprint density at radius 1 is 1.44 bits per heavy atom. The minimum absolute atomic E-state index is 0.299. The van der Waals surface area contributed by atoms with Crippen molar-refractivity contribution in [1.29, 1.82) is 0 Å². The first-order valence-corrected chi connectivity index (χ1v) is 5.40. The Labute approximate surface area is 106 Å². The van der Waals surface area contributed by atoms with E-state index in [2.05, 4.69) is 20.7 Å². The van der Waals surface area contributed by atoms with E-state index in [4.69, 9.17) is 16.3 Å². The molecule has 1 aromatic rings. The summed E-state index contributed by atoms with van der Waals surface area (Å²) in [5.74, 6) is -1.23. The summed E-state index contributed by atoms with van der Waals surface area (Å²) in [6.07, 6.45) is 0. The minimum Gasteiger partial charge on any atom is -0.466 e. The molecule has 0 N–H and O–H groups in total. The molecule has 1 rings (SSSR count). The second kappa shape index (κ2) is 5.86. The van der Waals surface area contributed by atoms with Crippen molar-refractivity contribution in [2.45, 2.75) is 0 Å². The first-order chi connectivity index (χ1) is 7.54. The average Bonchev–Trinajstić information content (AvgIpc) is 2.25. The minimum atomic E-state index is -0.617. The molecule has 16 heavy (non-hydrogen) atoms. The van der Waals surface area contributed by atoms with Crippen LogP contribution in [-0.4, -0.2) is 25.7 Å². The van der Waals surface area contributed by atoms with Gasteiger partial charge < -0.3 is 9.47 Å². The molecule has 0 fully saturated rings. The van der Waals surface area contributed by atoms with Gasteiger partial charge in [0.25, 0.3) is 0 Å². The number of halogens is 2. The Morgan fingerprint density at radius 2 is 2.12 bits per heavy atom. The molecular formula is C10H8BrClO4. The van der Waals surface area contributed by atoms with Gasteiger partial charge in [-0.2, -0.15) is 0 Å². The van der Waals surface area contributed by atoms with Gasteiger partial charge in [-0.25, -0.2) is 9.59 Å². The zero-order valence-electron chi connectivity index (χ0n) is 8.33. The molecule has 0 aromatic heterocycles. The molecule has 0 amide bonds. The van der Waals surface area contributed by atoms with Crippen molar-refractivity contribution < 1.29 is 19.1 Å². The van der Waals surface area contributed by atoms with Gasteiger partial charge in [-0.05, 0) is 34.1 Å². The summed E-state index contributed by atoms with van der Waals surface area (Å²) in [5, 5.41) is 0.497. The third kappa shape index (κ3) is 3.50. The molecule has 0 unspecified atom stereocenters. The Morgan fingerprint density at radius 3 is 2.69 bits per heavy atom. The van der Waals surface area contributed by atoms with Crippen molar-refractivity contribution in [2.75, 3.05) is 13.7 Å². The standard InChI is InChI=1S/C10H8BrClO4/c1-15-9(13)5-16-10(14)7-3-2-6(12)4-8(7)11/h2-4H,5H2,1H3. The predicted molar refractivity (Wildman–Crippen MR) is 61.5 cm³/mol. The normalized spacial score (nSPS) is 9.69. The van der Waals surface area contributed by atoms with Crippen molar-refractivity contribution in [3.8, 4) is 0 Å². The fourth-order valence-electron chi connectivity index (χ4n) is 0.916. The Bertz CT molecular complexity index is 419. The van der Waals surface area contributed by atoms with Crippen molar-refractivity contribution >= 4 is 39.5 Å². The van der Waals surface area contributed by atoms with Crippen molar-refractivity contribution in [3.05, 3.63) is 33.3 Å². The molecule has 4 nitrogen and oxygen atoms in total. The third-order valence-electron chi connectivity index (χ3n) is 1.70. The fraction of sp³-hybridized carbons (Fsp3) is 0.200. The molecule has 0 atom stereocenters. The Hall–Kier alpha value is -1.07. The van der Waals surface area contributed by atoms with Gasteiger partial charge in [0.05, 0.1) is 12.7 Å². The predicted octanol–water partition coefficient (Wildman–Crippen LogP) is 2.43. The highest BCUT2D eigenvalue weighted by Crippen LogP contribution is 2.22. The summed E-state index contributed by atoms with van der Waals surface area (Å²) in [6, 6.07) is 4.63. The third-order valence-corrected chi connectivity index (χ3v) is 2.59. The molecule has 86 valence electrons. The van der Waals surface area contributed by atoms with E-state index in [0.29, 0.717) is 15.1 Å². The van der Waals surface area contributed by atoms with Gasteiger partial charge in [-0.15, -0.1) is 0 Å². The topological polar surface area (TPSA) is 52.6 Å². The molecule has 0 saturated heterocycles. The summed E-state index contributed by atoms with van der Waals surface area (Å²) in [7, 11) is 1.22. The number of methoxy groups -OCH3 is 1. The molecule has 0 radical (unpaired) electrons. The van der Waals surface area contributed by atoms with Gasteiger partial charge in [-0.3, -0.25) is 0 Å². The lowest BCUT2D eigenvalue weighted by atomic mass is 10.2. The number of carbonyl (C=O) groups excluding carboxylic acids is 2. The van der Waals surface area contributed by atoms with Crippen LogP contribution in [0, 0.1) is 0 Å². The van der Waals surface area contributed by atoms with Crippen LogP contribution in [0.5, 0.6) is 0 Å². The summed E-state index contributed by atoms with van der Waals surface area (Å²) >= 11 is 8.89. The molecule has 0 aliphatic rings. The molecule has 0 bridgehead atoms. The van der Waals surface area contributed by atoms with Crippen LogP contribution in [0.2, 0.25) is 5.02 Å².